The number of carbonyl (C=O) groups is 1. The first-order valence-electron chi connectivity index (χ1n) is 8.71. The van der Waals surface area contributed by atoms with Crippen molar-refractivity contribution in [3.8, 4) is 11.8 Å². The number of carbonyl (C=O) groups excluding carboxylic acids is 1. The Labute approximate surface area is 156 Å². The molecule has 0 aliphatic heterocycles. The van der Waals surface area contributed by atoms with E-state index in [-0.39, 0.29) is 12.5 Å². The molecule has 1 heterocycles. The van der Waals surface area contributed by atoms with E-state index in [4.69, 9.17) is 4.74 Å². The van der Waals surface area contributed by atoms with Crippen LogP contribution in [0, 0.1) is 11.3 Å². The van der Waals surface area contributed by atoms with Gasteiger partial charge in [0.1, 0.15) is 16.8 Å². The molecule has 4 rings (SSSR count). The van der Waals surface area contributed by atoms with Crippen molar-refractivity contribution in [1.82, 2.24) is 0 Å². The summed E-state index contributed by atoms with van der Waals surface area (Å²) in [4.78, 5) is 13.6. The molecule has 130 valence electrons. The fourth-order valence-corrected chi connectivity index (χ4v) is 4.66. The van der Waals surface area contributed by atoms with Gasteiger partial charge in [-0.2, -0.15) is 5.26 Å². The van der Waals surface area contributed by atoms with Crippen LogP contribution in [0.3, 0.4) is 0 Å². The molecule has 0 fully saturated rings. The molecule has 1 N–H and O–H groups in total. The quantitative estimate of drug-likeness (QED) is 0.734. The molecule has 1 aromatic heterocycles. The van der Waals surface area contributed by atoms with Crippen molar-refractivity contribution in [2.45, 2.75) is 25.7 Å². The van der Waals surface area contributed by atoms with E-state index in [0.29, 0.717) is 16.3 Å². The van der Waals surface area contributed by atoms with Crippen LogP contribution in [0.2, 0.25) is 0 Å². The third-order valence-corrected chi connectivity index (χ3v) is 5.85. The molecule has 1 amide bonds. The fourth-order valence-electron chi connectivity index (χ4n) is 3.40. The summed E-state index contributed by atoms with van der Waals surface area (Å²) in [5, 5.41) is 15.1. The summed E-state index contributed by atoms with van der Waals surface area (Å²) in [6.07, 6.45) is 4.18. The van der Waals surface area contributed by atoms with Gasteiger partial charge in [0, 0.05) is 10.3 Å². The number of amides is 1. The van der Waals surface area contributed by atoms with E-state index in [1.807, 2.05) is 42.5 Å². The number of ether oxygens (including phenoxy) is 1. The number of hydrogen-bond acceptors (Lipinski definition) is 4. The third-order valence-electron chi connectivity index (χ3n) is 4.64. The maximum Gasteiger partial charge on any atom is 0.262 e. The van der Waals surface area contributed by atoms with Crippen LogP contribution in [-0.2, 0) is 17.6 Å². The first-order chi connectivity index (χ1) is 12.8. The fraction of sp³-hybridized carbons (Fsp3) is 0.238. The lowest BCUT2D eigenvalue weighted by Crippen LogP contribution is -2.20. The first kappa shape index (κ1) is 16.6. The maximum atomic E-state index is 12.4. The van der Waals surface area contributed by atoms with Crippen LogP contribution in [-0.4, -0.2) is 12.5 Å². The van der Waals surface area contributed by atoms with Crippen LogP contribution in [0.15, 0.2) is 42.5 Å². The number of nitrogens with one attached hydrogen (secondary N) is 1. The van der Waals surface area contributed by atoms with Gasteiger partial charge in [-0.1, -0.05) is 36.4 Å². The van der Waals surface area contributed by atoms with E-state index in [1.54, 1.807) is 0 Å². The Bertz CT molecular complexity index is 1010. The number of nitrogens with zero attached hydrogens (tertiary/aromatic N) is 1. The topological polar surface area (TPSA) is 62.1 Å². The Hall–Kier alpha value is -2.84. The van der Waals surface area contributed by atoms with Crippen LogP contribution in [0.1, 0.15) is 28.8 Å². The standard InChI is InChI=1S/C21H18N2O2S/c22-12-17-16-9-3-4-11-19(16)26-21(17)23-20(24)13-25-18-10-5-7-14-6-1-2-8-15(14)18/h1-2,5-8,10H,3-4,9,11,13H2,(H,23,24). The molecule has 0 radical (unpaired) electrons. The van der Waals surface area contributed by atoms with E-state index in [0.717, 1.165) is 42.0 Å². The molecule has 0 bridgehead atoms. The molecule has 5 heteroatoms. The molecule has 0 unspecified atom stereocenters. The van der Waals surface area contributed by atoms with Crippen molar-refractivity contribution in [2.24, 2.45) is 0 Å². The highest BCUT2D eigenvalue weighted by Crippen LogP contribution is 2.37. The Balaban J connectivity index is 1.48. The second-order valence-corrected chi connectivity index (χ2v) is 7.45. The molecule has 4 nitrogen and oxygen atoms in total. The Morgan fingerprint density at radius 1 is 1.15 bits per heavy atom. The van der Waals surface area contributed by atoms with Gasteiger partial charge in [0.2, 0.25) is 0 Å². The average molecular weight is 362 g/mol. The largest absolute Gasteiger partial charge is 0.483 e. The van der Waals surface area contributed by atoms with E-state index in [2.05, 4.69) is 11.4 Å². The predicted octanol–water partition coefficient (Wildman–Crippen LogP) is 4.67. The first-order valence-corrected chi connectivity index (χ1v) is 9.53. The zero-order valence-electron chi connectivity index (χ0n) is 14.2. The summed E-state index contributed by atoms with van der Waals surface area (Å²) in [5.74, 6) is 0.442. The lowest BCUT2D eigenvalue weighted by Gasteiger charge is -2.10. The smallest absolute Gasteiger partial charge is 0.262 e. The highest BCUT2D eigenvalue weighted by molar-refractivity contribution is 7.16. The Morgan fingerprint density at radius 2 is 1.96 bits per heavy atom. The molecule has 0 saturated heterocycles. The van der Waals surface area contributed by atoms with Gasteiger partial charge in [0.05, 0.1) is 5.56 Å². The predicted molar refractivity (Wildman–Crippen MR) is 104 cm³/mol. The number of aryl methyl sites for hydroxylation is 1. The monoisotopic (exact) mass is 362 g/mol. The van der Waals surface area contributed by atoms with Gasteiger partial charge in [-0.05, 0) is 42.7 Å². The summed E-state index contributed by atoms with van der Waals surface area (Å²) >= 11 is 1.53. The van der Waals surface area contributed by atoms with E-state index in [9.17, 15) is 10.1 Å². The number of hydrogen-bond donors (Lipinski definition) is 1. The number of anilines is 1. The van der Waals surface area contributed by atoms with E-state index >= 15 is 0 Å². The number of benzene rings is 2. The van der Waals surface area contributed by atoms with Crippen LogP contribution in [0.4, 0.5) is 5.00 Å². The van der Waals surface area contributed by atoms with Crippen molar-refractivity contribution >= 4 is 33.0 Å². The van der Waals surface area contributed by atoms with Crippen LogP contribution >= 0.6 is 11.3 Å². The number of thiophene rings is 1. The zero-order valence-corrected chi connectivity index (χ0v) is 15.1. The van der Waals surface area contributed by atoms with Crippen LogP contribution in [0.5, 0.6) is 5.75 Å². The highest BCUT2D eigenvalue weighted by atomic mass is 32.1. The average Bonchev–Trinajstić information content (AvgIpc) is 3.03. The molecule has 3 aromatic rings. The SMILES string of the molecule is N#Cc1c(NC(=O)COc2cccc3ccccc23)sc2c1CCCC2. The second-order valence-electron chi connectivity index (χ2n) is 6.34. The molecule has 0 saturated carbocycles. The molecule has 0 atom stereocenters. The van der Waals surface area contributed by atoms with Gasteiger partial charge in [-0.25, -0.2) is 0 Å². The van der Waals surface area contributed by atoms with Gasteiger partial charge >= 0.3 is 0 Å². The summed E-state index contributed by atoms with van der Waals surface area (Å²) in [7, 11) is 0. The Kier molecular flexibility index (Phi) is 4.59. The van der Waals surface area contributed by atoms with Gasteiger partial charge in [0.15, 0.2) is 6.61 Å². The van der Waals surface area contributed by atoms with Crippen molar-refractivity contribution in [3.05, 3.63) is 58.5 Å². The van der Waals surface area contributed by atoms with Gasteiger partial charge in [-0.3, -0.25) is 4.79 Å². The minimum absolute atomic E-state index is 0.0819. The van der Waals surface area contributed by atoms with Crippen LogP contribution in [0.25, 0.3) is 10.8 Å². The van der Waals surface area contributed by atoms with Gasteiger partial charge in [-0.15, -0.1) is 11.3 Å². The molecule has 0 spiro atoms. The van der Waals surface area contributed by atoms with Crippen molar-refractivity contribution in [1.29, 1.82) is 5.26 Å². The summed E-state index contributed by atoms with van der Waals surface area (Å²) in [5.41, 5.74) is 1.75. The van der Waals surface area contributed by atoms with Crippen molar-refractivity contribution in [2.75, 3.05) is 11.9 Å². The molecular formula is C21H18N2O2S. The lowest BCUT2D eigenvalue weighted by molar-refractivity contribution is -0.118. The van der Waals surface area contributed by atoms with E-state index < -0.39 is 0 Å². The van der Waals surface area contributed by atoms with Gasteiger partial charge < -0.3 is 10.1 Å². The number of nitriles is 1. The third kappa shape index (κ3) is 3.16. The lowest BCUT2D eigenvalue weighted by atomic mass is 9.96. The maximum absolute atomic E-state index is 12.4. The summed E-state index contributed by atoms with van der Waals surface area (Å²) in [6, 6.07) is 16.0. The Morgan fingerprint density at radius 3 is 2.85 bits per heavy atom. The minimum atomic E-state index is -0.243. The normalized spacial score (nSPS) is 13.0. The minimum Gasteiger partial charge on any atom is -0.483 e. The molecule has 1 aliphatic carbocycles. The van der Waals surface area contributed by atoms with Gasteiger partial charge in [0.25, 0.3) is 5.91 Å². The van der Waals surface area contributed by atoms with Crippen molar-refractivity contribution < 1.29 is 9.53 Å². The zero-order chi connectivity index (χ0) is 17.9. The number of fused-ring (bicyclic) bond motifs is 2. The van der Waals surface area contributed by atoms with E-state index in [1.165, 1.54) is 16.2 Å². The molecule has 26 heavy (non-hydrogen) atoms. The summed E-state index contributed by atoms with van der Waals surface area (Å²) < 4.78 is 5.74. The molecule has 2 aromatic carbocycles. The molecular weight excluding hydrogens is 344 g/mol. The van der Waals surface area contributed by atoms with Crippen LogP contribution < -0.4 is 10.1 Å². The summed E-state index contributed by atoms with van der Waals surface area (Å²) in [6.45, 7) is -0.0819. The number of rotatable bonds is 4. The van der Waals surface area contributed by atoms with Crippen molar-refractivity contribution in [3.63, 3.8) is 0 Å². The molecule has 1 aliphatic rings. The highest BCUT2D eigenvalue weighted by Gasteiger charge is 2.21. The second kappa shape index (κ2) is 7.19.